The highest BCUT2D eigenvalue weighted by atomic mass is 32.1. The highest BCUT2D eigenvalue weighted by molar-refractivity contribution is 7.08. The number of hydrogen-bond donors (Lipinski definition) is 1. The molecule has 1 N–H and O–H groups in total. The maximum atomic E-state index is 4.99. The molecule has 0 saturated carbocycles. The molecule has 0 bridgehead atoms. The second-order valence-electron chi connectivity index (χ2n) is 3.07. The minimum Gasteiger partial charge on any atom is -0.481 e. The molecule has 2 heterocycles. The Morgan fingerprint density at radius 2 is 2.33 bits per heavy atom. The van der Waals surface area contributed by atoms with Crippen LogP contribution in [-0.4, -0.2) is 12.1 Å². The normalized spacial score (nSPS) is 9.93. The molecule has 78 valence electrons. The molecule has 0 radical (unpaired) electrons. The molecule has 0 aliphatic carbocycles. The highest BCUT2D eigenvalue weighted by Crippen LogP contribution is 2.13. The first kappa shape index (κ1) is 9.98. The topological polar surface area (TPSA) is 34.1 Å². The molecule has 0 aromatic carbocycles. The predicted octanol–water partition coefficient (Wildman–Crippen LogP) is 2.76. The Morgan fingerprint density at radius 1 is 1.40 bits per heavy atom. The summed E-state index contributed by atoms with van der Waals surface area (Å²) in [5.41, 5.74) is 2.29. The summed E-state index contributed by atoms with van der Waals surface area (Å²) in [6.07, 6.45) is 1.82. The van der Waals surface area contributed by atoms with E-state index in [1.165, 1.54) is 0 Å². The van der Waals surface area contributed by atoms with Crippen LogP contribution in [0.5, 0.6) is 5.88 Å². The second-order valence-corrected chi connectivity index (χ2v) is 3.85. The van der Waals surface area contributed by atoms with E-state index in [-0.39, 0.29) is 0 Å². The predicted molar refractivity (Wildman–Crippen MR) is 62.4 cm³/mol. The van der Waals surface area contributed by atoms with Crippen LogP contribution in [0.4, 0.5) is 5.69 Å². The molecule has 0 spiro atoms. The van der Waals surface area contributed by atoms with Crippen molar-refractivity contribution in [2.24, 2.45) is 0 Å². The minimum absolute atomic E-state index is 0.647. The number of rotatable bonds is 4. The molecule has 3 nitrogen and oxygen atoms in total. The van der Waals surface area contributed by atoms with Crippen molar-refractivity contribution in [1.82, 2.24) is 4.98 Å². The third-order valence-corrected chi connectivity index (χ3v) is 2.71. The lowest BCUT2D eigenvalue weighted by molar-refractivity contribution is 0.397. The Balaban J connectivity index is 1.93. The van der Waals surface area contributed by atoms with Gasteiger partial charge in [-0.1, -0.05) is 6.07 Å². The Morgan fingerprint density at radius 3 is 2.93 bits per heavy atom. The first-order chi connectivity index (χ1) is 7.38. The van der Waals surface area contributed by atoms with Gasteiger partial charge in [0.1, 0.15) is 0 Å². The Labute approximate surface area is 92.7 Å². The summed E-state index contributed by atoms with van der Waals surface area (Å²) >= 11 is 1.68. The van der Waals surface area contributed by atoms with Gasteiger partial charge in [-0.2, -0.15) is 11.3 Å². The molecule has 2 rings (SSSR count). The number of hydrogen-bond acceptors (Lipinski definition) is 4. The van der Waals surface area contributed by atoms with Gasteiger partial charge in [0.15, 0.2) is 0 Å². The van der Waals surface area contributed by atoms with Crippen LogP contribution in [0.25, 0.3) is 0 Å². The quantitative estimate of drug-likeness (QED) is 0.860. The van der Waals surface area contributed by atoms with Crippen molar-refractivity contribution in [2.45, 2.75) is 6.54 Å². The number of nitrogens with one attached hydrogen (secondary N) is 1. The molecule has 0 fully saturated rings. The van der Waals surface area contributed by atoms with Crippen molar-refractivity contribution < 1.29 is 4.74 Å². The molecule has 0 amide bonds. The molecule has 0 saturated heterocycles. The molecular formula is C11H12N2OS. The van der Waals surface area contributed by atoms with E-state index in [9.17, 15) is 0 Å². The van der Waals surface area contributed by atoms with Gasteiger partial charge in [-0.25, -0.2) is 4.98 Å². The molecule has 2 aromatic heterocycles. The van der Waals surface area contributed by atoms with E-state index in [2.05, 4.69) is 27.1 Å². The maximum Gasteiger partial charge on any atom is 0.212 e. The fourth-order valence-electron chi connectivity index (χ4n) is 1.21. The van der Waals surface area contributed by atoms with E-state index < -0.39 is 0 Å². The van der Waals surface area contributed by atoms with Crippen molar-refractivity contribution in [2.75, 3.05) is 12.4 Å². The summed E-state index contributed by atoms with van der Waals surface area (Å²) in [7, 11) is 1.62. The van der Waals surface area contributed by atoms with Gasteiger partial charge in [0, 0.05) is 29.9 Å². The van der Waals surface area contributed by atoms with Gasteiger partial charge in [-0.05, 0) is 17.0 Å². The first-order valence-corrected chi connectivity index (χ1v) is 5.58. The van der Waals surface area contributed by atoms with Gasteiger partial charge in [0.2, 0.25) is 5.88 Å². The zero-order valence-corrected chi connectivity index (χ0v) is 9.25. The molecule has 0 atom stereocenters. The Kier molecular flexibility index (Phi) is 3.19. The molecule has 0 unspecified atom stereocenters. The number of thiophene rings is 1. The molecule has 0 aliphatic rings. The van der Waals surface area contributed by atoms with Crippen LogP contribution in [0.3, 0.4) is 0 Å². The van der Waals surface area contributed by atoms with Crippen molar-refractivity contribution in [1.29, 1.82) is 0 Å². The van der Waals surface area contributed by atoms with Crippen molar-refractivity contribution in [3.8, 4) is 5.88 Å². The third kappa shape index (κ3) is 2.70. The van der Waals surface area contributed by atoms with E-state index in [0.717, 1.165) is 17.8 Å². The lowest BCUT2D eigenvalue weighted by Gasteiger charge is -2.04. The van der Waals surface area contributed by atoms with Crippen LogP contribution >= 0.6 is 11.3 Å². The number of methoxy groups -OCH3 is 1. The average molecular weight is 220 g/mol. The van der Waals surface area contributed by atoms with Crippen molar-refractivity contribution in [3.63, 3.8) is 0 Å². The van der Waals surface area contributed by atoms with Gasteiger partial charge in [-0.15, -0.1) is 0 Å². The Hall–Kier alpha value is -1.55. The summed E-state index contributed by atoms with van der Waals surface area (Å²) in [5.74, 6) is 0.647. The number of ether oxygens (including phenoxy) is 1. The summed E-state index contributed by atoms with van der Waals surface area (Å²) < 4.78 is 4.99. The third-order valence-electron chi connectivity index (χ3n) is 2.02. The summed E-state index contributed by atoms with van der Waals surface area (Å²) in [4.78, 5) is 4.14. The summed E-state index contributed by atoms with van der Waals surface area (Å²) in [5, 5.41) is 7.44. The number of pyridine rings is 1. The van der Waals surface area contributed by atoms with Crippen LogP contribution < -0.4 is 10.1 Å². The minimum atomic E-state index is 0.647. The van der Waals surface area contributed by atoms with Crippen LogP contribution in [0, 0.1) is 0 Å². The molecule has 15 heavy (non-hydrogen) atoms. The van der Waals surface area contributed by atoms with Gasteiger partial charge < -0.3 is 10.1 Å². The summed E-state index contributed by atoms with van der Waals surface area (Å²) in [6, 6.07) is 5.93. The largest absolute Gasteiger partial charge is 0.481 e. The second kappa shape index (κ2) is 4.79. The Bertz CT molecular complexity index is 397. The molecule has 2 aromatic rings. The zero-order chi connectivity index (χ0) is 10.5. The van der Waals surface area contributed by atoms with Crippen LogP contribution in [0.15, 0.2) is 35.2 Å². The standard InChI is InChI=1S/C11H12N2OS/c1-14-11-3-2-9(7-13-11)6-12-10-4-5-15-8-10/h2-5,7-8,12H,6H2,1H3. The van der Waals surface area contributed by atoms with Gasteiger partial charge in [0.05, 0.1) is 7.11 Å². The lowest BCUT2D eigenvalue weighted by Crippen LogP contribution is -1.98. The van der Waals surface area contributed by atoms with Crippen molar-refractivity contribution >= 4 is 17.0 Å². The molecular weight excluding hydrogens is 208 g/mol. The highest BCUT2D eigenvalue weighted by Gasteiger charge is 1.96. The van der Waals surface area contributed by atoms with E-state index in [1.54, 1.807) is 18.4 Å². The van der Waals surface area contributed by atoms with Crippen molar-refractivity contribution in [3.05, 3.63) is 40.7 Å². The fourth-order valence-corrected chi connectivity index (χ4v) is 1.82. The van der Waals surface area contributed by atoms with Crippen LogP contribution in [0.2, 0.25) is 0 Å². The van der Waals surface area contributed by atoms with E-state index in [4.69, 9.17) is 4.74 Å². The SMILES string of the molecule is COc1ccc(CNc2ccsc2)cn1. The van der Waals surface area contributed by atoms with Crippen LogP contribution in [0.1, 0.15) is 5.56 Å². The van der Waals surface area contributed by atoms with Gasteiger partial charge in [0.25, 0.3) is 0 Å². The van der Waals surface area contributed by atoms with E-state index in [1.807, 2.05) is 18.3 Å². The molecule has 4 heteroatoms. The van der Waals surface area contributed by atoms with Gasteiger partial charge in [-0.3, -0.25) is 0 Å². The lowest BCUT2D eigenvalue weighted by atomic mass is 10.3. The van der Waals surface area contributed by atoms with Gasteiger partial charge >= 0.3 is 0 Å². The van der Waals surface area contributed by atoms with Crippen LogP contribution in [-0.2, 0) is 6.54 Å². The summed E-state index contributed by atoms with van der Waals surface area (Å²) in [6.45, 7) is 0.785. The smallest absolute Gasteiger partial charge is 0.212 e. The fraction of sp³-hybridized carbons (Fsp3) is 0.182. The molecule has 0 aliphatic heterocycles. The monoisotopic (exact) mass is 220 g/mol. The number of aromatic nitrogens is 1. The average Bonchev–Trinajstić information content (AvgIpc) is 2.80. The van der Waals surface area contributed by atoms with E-state index >= 15 is 0 Å². The number of nitrogens with zero attached hydrogens (tertiary/aromatic N) is 1. The first-order valence-electron chi connectivity index (χ1n) is 4.63. The zero-order valence-electron chi connectivity index (χ0n) is 8.43. The maximum absolute atomic E-state index is 4.99. The number of anilines is 1. The van der Waals surface area contributed by atoms with E-state index in [0.29, 0.717) is 5.88 Å².